The van der Waals surface area contributed by atoms with Crippen molar-refractivity contribution in [2.24, 2.45) is 5.92 Å². The quantitative estimate of drug-likeness (QED) is 0.848. The third-order valence-corrected chi connectivity index (χ3v) is 4.45. The van der Waals surface area contributed by atoms with Gasteiger partial charge in [0.2, 0.25) is 5.91 Å². The number of methoxy groups -OCH3 is 1. The second-order valence-corrected chi connectivity index (χ2v) is 5.95. The first kappa shape index (κ1) is 15.2. The number of ether oxygens (including phenoxy) is 1. The Kier molecular flexibility index (Phi) is 5.72. The Morgan fingerprint density at radius 3 is 2.95 bits per heavy atom. The van der Waals surface area contributed by atoms with Crippen LogP contribution in [0.25, 0.3) is 0 Å². The minimum absolute atomic E-state index is 0.0488. The van der Waals surface area contributed by atoms with E-state index in [1.165, 1.54) is 12.8 Å². The lowest BCUT2D eigenvalue weighted by Gasteiger charge is -2.27. The van der Waals surface area contributed by atoms with Gasteiger partial charge in [0.1, 0.15) is 5.75 Å². The van der Waals surface area contributed by atoms with Gasteiger partial charge in [0.25, 0.3) is 0 Å². The molecule has 0 heterocycles. The van der Waals surface area contributed by atoms with Gasteiger partial charge in [-0.05, 0) is 36.5 Å². The fourth-order valence-corrected chi connectivity index (χ4v) is 3.04. The van der Waals surface area contributed by atoms with Crippen LogP contribution >= 0.6 is 11.6 Å². The fourth-order valence-electron chi connectivity index (χ4n) is 2.67. The zero-order valence-electron chi connectivity index (χ0n) is 11.9. The summed E-state index contributed by atoms with van der Waals surface area (Å²) in [5.41, 5.74) is 0.966. The Bertz CT molecular complexity index is 450. The van der Waals surface area contributed by atoms with Gasteiger partial charge in [0, 0.05) is 11.9 Å². The number of rotatable bonds is 5. The number of carbonyl (C=O) groups excluding carboxylic acids is 1. The largest absolute Gasteiger partial charge is 0.497 e. The summed E-state index contributed by atoms with van der Waals surface area (Å²) in [6.45, 7) is 0.691. The zero-order valence-corrected chi connectivity index (χ0v) is 12.7. The number of amides is 1. The van der Waals surface area contributed by atoms with Crippen LogP contribution in [0.4, 0.5) is 0 Å². The first-order chi connectivity index (χ1) is 9.69. The van der Waals surface area contributed by atoms with Crippen LogP contribution in [0.5, 0.6) is 5.75 Å². The average Bonchev–Trinajstić information content (AvgIpc) is 2.46. The molecule has 0 spiro atoms. The van der Waals surface area contributed by atoms with Gasteiger partial charge in [-0.1, -0.05) is 25.0 Å². The first-order valence-corrected chi connectivity index (χ1v) is 7.66. The summed E-state index contributed by atoms with van der Waals surface area (Å²) < 4.78 is 5.16. The van der Waals surface area contributed by atoms with Crippen molar-refractivity contribution in [2.45, 2.75) is 37.5 Å². The van der Waals surface area contributed by atoms with Gasteiger partial charge in [-0.15, -0.1) is 11.6 Å². The van der Waals surface area contributed by atoms with Crippen molar-refractivity contribution in [1.82, 2.24) is 5.32 Å². The normalized spacial score (nSPS) is 22.3. The second kappa shape index (κ2) is 7.53. The number of halogens is 1. The molecule has 0 bridgehead atoms. The molecule has 1 saturated carbocycles. The van der Waals surface area contributed by atoms with Crippen molar-refractivity contribution >= 4 is 17.5 Å². The molecule has 1 aliphatic carbocycles. The Morgan fingerprint density at radius 1 is 1.40 bits per heavy atom. The SMILES string of the molecule is COc1cccc(CC(=O)NCC2CCCCC2Cl)c1. The minimum Gasteiger partial charge on any atom is -0.497 e. The smallest absolute Gasteiger partial charge is 0.224 e. The van der Waals surface area contributed by atoms with E-state index in [2.05, 4.69) is 5.32 Å². The van der Waals surface area contributed by atoms with Crippen LogP contribution in [0.1, 0.15) is 31.2 Å². The molecule has 2 unspecified atom stereocenters. The van der Waals surface area contributed by atoms with Gasteiger partial charge >= 0.3 is 0 Å². The van der Waals surface area contributed by atoms with Gasteiger partial charge in [0.05, 0.1) is 13.5 Å². The summed E-state index contributed by atoms with van der Waals surface area (Å²) in [4.78, 5) is 12.0. The molecule has 0 radical (unpaired) electrons. The standard InChI is InChI=1S/C16H22ClNO2/c1-20-14-7-4-5-12(9-14)10-16(19)18-11-13-6-2-3-8-15(13)17/h4-5,7,9,13,15H,2-3,6,8,10-11H2,1H3,(H,18,19). The Balaban J connectivity index is 1.79. The molecule has 1 N–H and O–H groups in total. The van der Waals surface area contributed by atoms with Crippen molar-refractivity contribution in [1.29, 1.82) is 0 Å². The fraction of sp³-hybridized carbons (Fsp3) is 0.562. The summed E-state index contributed by atoms with van der Waals surface area (Å²) in [7, 11) is 1.63. The molecular formula is C16H22ClNO2. The van der Waals surface area contributed by atoms with Gasteiger partial charge < -0.3 is 10.1 Å². The van der Waals surface area contributed by atoms with E-state index in [9.17, 15) is 4.79 Å². The van der Waals surface area contributed by atoms with Crippen LogP contribution in [-0.2, 0) is 11.2 Å². The number of carbonyl (C=O) groups is 1. The number of hydrogen-bond donors (Lipinski definition) is 1. The maximum Gasteiger partial charge on any atom is 0.224 e. The summed E-state index contributed by atoms with van der Waals surface area (Å²) in [5.74, 6) is 1.25. The topological polar surface area (TPSA) is 38.3 Å². The summed E-state index contributed by atoms with van der Waals surface area (Å²) >= 11 is 6.30. The van der Waals surface area contributed by atoms with Crippen LogP contribution in [0, 0.1) is 5.92 Å². The summed E-state index contributed by atoms with van der Waals surface area (Å²) in [6.07, 6.45) is 5.00. The predicted octanol–water partition coefficient (Wildman–Crippen LogP) is 3.15. The molecule has 110 valence electrons. The van der Waals surface area contributed by atoms with Crippen LogP contribution in [-0.4, -0.2) is 24.9 Å². The van der Waals surface area contributed by atoms with Crippen molar-refractivity contribution in [3.05, 3.63) is 29.8 Å². The maximum absolute atomic E-state index is 12.0. The molecule has 1 aliphatic rings. The van der Waals surface area contributed by atoms with Gasteiger partial charge in [-0.2, -0.15) is 0 Å². The molecule has 0 aromatic heterocycles. The lowest BCUT2D eigenvalue weighted by Crippen LogP contribution is -2.35. The van der Waals surface area contributed by atoms with E-state index in [1.807, 2.05) is 24.3 Å². The molecule has 20 heavy (non-hydrogen) atoms. The van der Waals surface area contributed by atoms with Gasteiger partial charge in [-0.3, -0.25) is 4.79 Å². The van der Waals surface area contributed by atoms with Crippen LogP contribution in [0.3, 0.4) is 0 Å². The van der Waals surface area contributed by atoms with Crippen LogP contribution in [0.2, 0.25) is 0 Å². The maximum atomic E-state index is 12.0. The highest BCUT2D eigenvalue weighted by molar-refractivity contribution is 6.20. The molecule has 4 heteroatoms. The average molecular weight is 296 g/mol. The number of alkyl halides is 1. The molecule has 0 saturated heterocycles. The van der Waals surface area contributed by atoms with E-state index in [4.69, 9.17) is 16.3 Å². The van der Waals surface area contributed by atoms with E-state index >= 15 is 0 Å². The first-order valence-electron chi connectivity index (χ1n) is 7.22. The monoisotopic (exact) mass is 295 g/mol. The second-order valence-electron chi connectivity index (χ2n) is 5.39. The number of benzene rings is 1. The third-order valence-electron chi connectivity index (χ3n) is 3.88. The van der Waals surface area contributed by atoms with Gasteiger partial charge in [-0.25, -0.2) is 0 Å². The van der Waals surface area contributed by atoms with E-state index in [-0.39, 0.29) is 11.3 Å². The highest BCUT2D eigenvalue weighted by Gasteiger charge is 2.23. The molecule has 2 rings (SSSR count). The molecule has 3 nitrogen and oxygen atoms in total. The zero-order chi connectivity index (χ0) is 14.4. The third kappa shape index (κ3) is 4.41. The highest BCUT2D eigenvalue weighted by atomic mass is 35.5. The predicted molar refractivity (Wildman–Crippen MR) is 81.3 cm³/mol. The van der Waals surface area contributed by atoms with Crippen LogP contribution in [0.15, 0.2) is 24.3 Å². The Morgan fingerprint density at radius 2 is 2.20 bits per heavy atom. The number of hydrogen-bond acceptors (Lipinski definition) is 2. The molecule has 2 atom stereocenters. The van der Waals surface area contributed by atoms with Crippen LogP contribution < -0.4 is 10.1 Å². The Hall–Kier alpha value is -1.22. The van der Waals surface area contributed by atoms with Crippen molar-refractivity contribution in [3.63, 3.8) is 0 Å². The summed E-state index contributed by atoms with van der Waals surface area (Å²) in [5, 5.41) is 3.21. The van der Waals surface area contributed by atoms with E-state index in [0.717, 1.165) is 24.2 Å². The van der Waals surface area contributed by atoms with Crippen molar-refractivity contribution in [2.75, 3.05) is 13.7 Å². The van der Waals surface area contributed by atoms with E-state index in [1.54, 1.807) is 7.11 Å². The molecule has 1 amide bonds. The molecule has 1 aromatic carbocycles. The highest BCUT2D eigenvalue weighted by Crippen LogP contribution is 2.28. The Labute approximate surface area is 125 Å². The molecule has 1 aromatic rings. The molecule has 1 fully saturated rings. The van der Waals surface area contributed by atoms with Crippen molar-refractivity contribution in [3.8, 4) is 5.75 Å². The lowest BCUT2D eigenvalue weighted by molar-refractivity contribution is -0.120. The minimum atomic E-state index is 0.0488. The summed E-state index contributed by atoms with van der Waals surface area (Å²) in [6, 6.07) is 7.61. The lowest BCUT2D eigenvalue weighted by atomic mass is 9.88. The van der Waals surface area contributed by atoms with E-state index in [0.29, 0.717) is 18.9 Å². The number of nitrogens with one attached hydrogen (secondary N) is 1. The van der Waals surface area contributed by atoms with Crippen molar-refractivity contribution < 1.29 is 9.53 Å². The van der Waals surface area contributed by atoms with Gasteiger partial charge in [0.15, 0.2) is 0 Å². The molecule has 0 aliphatic heterocycles. The van der Waals surface area contributed by atoms with E-state index < -0.39 is 0 Å². The molecular weight excluding hydrogens is 274 g/mol.